The van der Waals surface area contributed by atoms with Gasteiger partial charge in [0, 0.05) is 43.7 Å². The van der Waals surface area contributed by atoms with Crippen molar-refractivity contribution in [2.75, 3.05) is 9.80 Å². The van der Waals surface area contributed by atoms with E-state index in [4.69, 9.17) is 0 Å². The Morgan fingerprint density at radius 2 is 0.824 bits per heavy atom. The van der Waals surface area contributed by atoms with Crippen LogP contribution in [-0.4, -0.2) is 6.71 Å². The number of alkyl halides is 3. The average Bonchev–Trinajstić information content (AvgIpc) is 4.21. The third kappa shape index (κ3) is 4.77. The van der Waals surface area contributed by atoms with Crippen molar-refractivity contribution in [1.82, 2.24) is 0 Å². The van der Waals surface area contributed by atoms with Crippen LogP contribution in [0.2, 0.25) is 0 Å². The maximum atomic E-state index is 14.4. The van der Waals surface area contributed by atoms with Gasteiger partial charge in [0.05, 0.1) is 22.1 Å². The fourth-order valence-corrected chi connectivity index (χ4v) is 16.4. The van der Waals surface area contributed by atoms with Crippen molar-refractivity contribution in [1.29, 1.82) is 0 Å². The van der Waals surface area contributed by atoms with Gasteiger partial charge < -0.3 is 9.80 Å². The van der Waals surface area contributed by atoms with E-state index in [0.717, 1.165) is 44.8 Å². The maximum absolute atomic E-state index is 14.4. The van der Waals surface area contributed by atoms with Gasteiger partial charge in [-0.25, -0.2) is 0 Å². The minimum Gasteiger partial charge on any atom is -0.311 e. The molecule has 0 bridgehead atoms. The lowest BCUT2D eigenvalue weighted by molar-refractivity contribution is -0.137. The van der Waals surface area contributed by atoms with Gasteiger partial charge in [0.25, 0.3) is 6.71 Å². The fourth-order valence-electron chi connectivity index (χ4n) is 14.7. The van der Waals surface area contributed by atoms with Gasteiger partial charge in [-0.1, -0.05) is 176 Å². The second kappa shape index (κ2) is 14.1. The Balaban J connectivity index is 1.02. The van der Waals surface area contributed by atoms with Crippen molar-refractivity contribution in [3.63, 3.8) is 0 Å². The van der Waals surface area contributed by atoms with Crippen molar-refractivity contribution in [3.05, 3.63) is 280 Å². The number of rotatable bonds is 2. The molecule has 0 saturated heterocycles. The Hall–Kier alpha value is -8.65. The van der Waals surface area contributed by atoms with Gasteiger partial charge in [0.15, 0.2) is 0 Å². The molecule has 2 spiro atoms. The zero-order valence-electron chi connectivity index (χ0n) is 39.5. The van der Waals surface area contributed by atoms with Crippen LogP contribution in [0.1, 0.15) is 49.4 Å². The number of nitrogens with zero attached hydrogens (tertiary/aromatic N) is 2. The topological polar surface area (TPSA) is 6.48 Å². The van der Waals surface area contributed by atoms with E-state index in [1.807, 2.05) is 11.3 Å². The Kier molecular flexibility index (Phi) is 7.79. The summed E-state index contributed by atoms with van der Waals surface area (Å²) in [5.41, 5.74) is 24.9. The molecule has 0 radical (unpaired) electrons. The number of benzene rings is 10. The van der Waals surface area contributed by atoms with Gasteiger partial charge in [-0.2, -0.15) is 13.2 Å². The Labute approximate surface area is 430 Å². The highest BCUT2D eigenvalue weighted by atomic mass is 32.1. The smallest absolute Gasteiger partial charge is 0.311 e. The first-order valence-corrected chi connectivity index (χ1v) is 26.1. The van der Waals surface area contributed by atoms with Gasteiger partial charge in [-0.15, -0.1) is 11.3 Å². The molecule has 0 amide bonds. The minimum absolute atomic E-state index is 0.249. The zero-order chi connectivity index (χ0) is 48.8. The number of hydrogen-bond acceptors (Lipinski definition) is 3. The monoisotopic (exact) mass is 970 g/mol. The lowest BCUT2D eigenvalue weighted by Gasteiger charge is -2.44. The van der Waals surface area contributed by atoms with E-state index in [-0.39, 0.29) is 6.71 Å². The van der Waals surface area contributed by atoms with Crippen LogP contribution in [0.5, 0.6) is 0 Å². The van der Waals surface area contributed by atoms with Crippen LogP contribution in [0.4, 0.5) is 47.3 Å². The summed E-state index contributed by atoms with van der Waals surface area (Å²) in [7, 11) is 0. The minimum atomic E-state index is -4.48. The fraction of sp³-hybridized carbons (Fsp3) is 0.0448. The van der Waals surface area contributed by atoms with E-state index in [0.29, 0.717) is 5.69 Å². The molecule has 11 aromatic rings. The molecule has 346 valence electrons. The molecule has 6 aliphatic rings. The lowest BCUT2D eigenvalue weighted by atomic mass is 9.36. The summed E-state index contributed by atoms with van der Waals surface area (Å²) in [5.74, 6) is 0. The first-order valence-electron chi connectivity index (χ1n) is 25.3. The molecule has 0 unspecified atom stereocenters. The second-order valence-corrected chi connectivity index (χ2v) is 21.5. The number of thiophene rings is 1. The summed E-state index contributed by atoms with van der Waals surface area (Å²) in [6, 6.07) is 81.6. The third-order valence-corrected chi connectivity index (χ3v) is 18.6. The SMILES string of the molecule is FC(F)(F)c1ccc(N2c3cc4c(cc3B3c5sc6c(c5N(c5ccccc5)c5cccc2c53)-c2ccccc2C62c3ccccc3-c3ccccc32)C2(c3ccccc3-c3ccccc32)c2ccccc2-4)cc1. The zero-order valence-corrected chi connectivity index (χ0v) is 40.3. The van der Waals surface area contributed by atoms with Crippen LogP contribution >= 0.6 is 11.3 Å². The molecular weight excluding hydrogens is 933 g/mol. The van der Waals surface area contributed by atoms with Crippen molar-refractivity contribution >= 4 is 67.9 Å². The largest absolute Gasteiger partial charge is 0.416 e. The molecular formula is C67H38BF3N2S. The van der Waals surface area contributed by atoms with Crippen LogP contribution in [0.3, 0.4) is 0 Å². The summed E-state index contributed by atoms with van der Waals surface area (Å²) in [4.78, 5) is 6.05. The van der Waals surface area contributed by atoms with E-state index >= 15 is 0 Å². The van der Waals surface area contributed by atoms with E-state index in [1.165, 1.54) is 99.8 Å². The predicted molar refractivity (Wildman–Crippen MR) is 296 cm³/mol. The molecule has 0 saturated carbocycles. The number of para-hydroxylation sites is 1. The molecule has 4 aliphatic carbocycles. The average molecular weight is 971 g/mol. The summed E-state index contributed by atoms with van der Waals surface area (Å²) in [6.45, 7) is -0.249. The Bertz CT molecular complexity index is 4200. The number of hydrogen-bond donors (Lipinski definition) is 0. The van der Waals surface area contributed by atoms with Crippen LogP contribution in [0.15, 0.2) is 231 Å². The molecule has 0 N–H and O–H groups in total. The Morgan fingerprint density at radius 1 is 0.378 bits per heavy atom. The van der Waals surface area contributed by atoms with Gasteiger partial charge >= 0.3 is 6.18 Å². The quantitative estimate of drug-likeness (QED) is 0.159. The number of anilines is 6. The standard InChI is InChI=1S/C67H38BF3N2S/c69-67(70,71)39-33-35-41(36-34-39)72-57-31-16-32-58-61(57)68(56-38-55-48(37-59(56)72)46-23-8-12-27-51(46)65(55)49-25-10-4-19-42(49)43-20-5-11-26-50(43)65)64-62(73(58)40-17-2-1-3-18-40)60-47-24-9-15-30-54(47)66(63(60)74-64)52-28-13-6-21-44(52)45-22-7-14-29-53(45)66/h1-38H. The Morgan fingerprint density at radius 3 is 1.36 bits per heavy atom. The summed E-state index contributed by atoms with van der Waals surface area (Å²) in [6.07, 6.45) is -4.48. The highest BCUT2D eigenvalue weighted by Gasteiger charge is 2.58. The molecule has 1 aromatic heterocycles. The second-order valence-electron chi connectivity index (χ2n) is 20.4. The highest BCUT2D eigenvalue weighted by Crippen LogP contribution is 2.68. The molecule has 0 atom stereocenters. The molecule has 3 heterocycles. The van der Waals surface area contributed by atoms with Crippen molar-refractivity contribution < 1.29 is 13.2 Å². The van der Waals surface area contributed by atoms with Crippen LogP contribution in [0.25, 0.3) is 44.5 Å². The highest BCUT2D eigenvalue weighted by molar-refractivity contribution is 7.30. The summed E-state index contributed by atoms with van der Waals surface area (Å²) >= 11 is 1.94. The molecule has 2 nitrogen and oxygen atoms in total. The molecule has 17 rings (SSSR count). The normalized spacial score (nSPS) is 15.4. The summed E-state index contributed by atoms with van der Waals surface area (Å²) < 4.78 is 44.5. The first kappa shape index (κ1) is 40.9. The lowest BCUT2D eigenvalue weighted by Crippen LogP contribution is -2.60. The number of fused-ring (bicyclic) bond motifs is 25. The number of halogens is 3. The van der Waals surface area contributed by atoms with E-state index in [1.54, 1.807) is 12.1 Å². The van der Waals surface area contributed by atoms with Gasteiger partial charge in [0.1, 0.15) is 0 Å². The molecule has 7 heteroatoms. The van der Waals surface area contributed by atoms with Gasteiger partial charge in [-0.3, -0.25) is 0 Å². The van der Waals surface area contributed by atoms with Crippen LogP contribution in [0, 0.1) is 0 Å². The third-order valence-electron chi connectivity index (χ3n) is 17.3. The molecule has 74 heavy (non-hydrogen) atoms. The maximum Gasteiger partial charge on any atom is 0.416 e. The molecule has 2 aliphatic heterocycles. The van der Waals surface area contributed by atoms with Crippen molar-refractivity contribution in [3.8, 4) is 44.5 Å². The van der Waals surface area contributed by atoms with Crippen LogP contribution < -0.4 is 25.5 Å². The van der Waals surface area contributed by atoms with E-state index in [2.05, 4.69) is 216 Å². The van der Waals surface area contributed by atoms with E-state index < -0.39 is 22.6 Å². The predicted octanol–water partition coefficient (Wildman–Crippen LogP) is 15.5. The van der Waals surface area contributed by atoms with Gasteiger partial charge in [0.2, 0.25) is 0 Å². The molecule has 0 fully saturated rings. The van der Waals surface area contributed by atoms with E-state index in [9.17, 15) is 13.2 Å². The van der Waals surface area contributed by atoms with Crippen molar-refractivity contribution in [2.45, 2.75) is 17.0 Å². The van der Waals surface area contributed by atoms with Gasteiger partial charge in [-0.05, 0) is 143 Å². The summed E-state index contributed by atoms with van der Waals surface area (Å²) in [5, 5.41) is 0. The molecule has 10 aromatic carbocycles. The van der Waals surface area contributed by atoms with Crippen molar-refractivity contribution in [2.24, 2.45) is 0 Å². The first-order chi connectivity index (χ1) is 36.4. The van der Waals surface area contributed by atoms with Crippen LogP contribution in [-0.2, 0) is 17.0 Å².